The van der Waals surface area contributed by atoms with Crippen molar-refractivity contribution in [3.63, 3.8) is 0 Å². The molecule has 0 aliphatic carbocycles. The van der Waals surface area contributed by atoms with E-state index < -0.39 is 5.82 Å². The Balaban J connectivity index is 0.00000320. The predicted octanol–water partition coefficient (Wildman–Crippen LogP) is 3.45. The zero-order chi connectivity index (χ0) is 25.4. The summed E-state index contributed by atoms with van der Waals surface area (Å²) in [4.78, 5) is 29.6. The fourth-order valence-electron chi connectivity index (χ4n) is 4.36. The van der Waals surface area contributed by atoms with Crippen LogP contribution in [0.4, 0.5) is 15.9 Å². The molecule has 1 saturated heterocycles. The Morgan fingerprint density at radius 3 is 2.59 bits per heavy atom. The molecule has 1 fully saturated rings. The predicted molar refractivity (Wildman–Crippen MR) is 142 cm³/mol. The van der Waals surface area contributed by atoms with E-state index in [0.717, 1.165) is 5.56 Å². The maximum Gasteiger partial charge on any atom is 0.222 e. The summed E-state index contributed by atoms with van der Waals surface area (Å²) >= 11 is 0. The summed E-state index contributed by atoms with van der Waals surface area (Å²) in [5.74, 6) is 0.444. The molecule has 0 radical (unpaired) electrons. The molecular formula is C25H28FN7O3S. The molecule has 194 valence electrons. The van der Waals surface area contributed by atoms with Gasteiger partial charge in [-0.15, -0.1) is 0 Å². The molecule has 1 unspecified atom stereocenters. The van der Waals surface area contributed by atoms with E-state index in [9.17, 15) is 4.79 Å². The topological polar surface area (TPSA) is 98.5 Å². The first-order valence-corrected chi connectivity index (χ1v) is 11.5. The second-order valence-corrected chi connectivity index (χ2v) is 8.64. The number of amides is 1. The standard InChI is InChI=1S/C25H26FN7O3.H2S/c1-31-13-15(11-28-31)19-12-27-18-6-7-22(30-25(18)29-19)33(14-16-5-8-23(34)32(16)2)20-9-17(35-3)10-21(36-4)24(20)26;/h6-7,9-13,16H,5,8,14H2,1-4H3;1H2. The van der Waals surface area contributed by atoms with Gasteiger partial charge >= 0.3 is 0 Å². The van der Waals surface area contributed by atoms with Crippen LogP contribution >= 0.6 is 13.5 Å². The Bertz CT molecular complexity index is 1450. The molecule has 5 rings (SSSR count). The molecule has 0 saturated carbocycles. The zero-order valence-corrected chi connectivity index (χ0v) is 22.0. The van der Waals surface area contributed by atoms with Crippen LogP contribution in [-0.2, 0) is 11.8 Å². The van der Waals surface area contributed by atoms with Crippen LogP contribution in [0.2, 0.25) is 0 Å². The van der Waals surface area contributed by atoms with Crippen molar-refractivity contribution in [1.29, 1.82) is 0 Å². The third kappa shape index (κ3) is 5.01. The lowest BCUT2D eigenvalue weighted by atomic mass is 10.1. The van der Waals surface area contributed by atoms with Gasteiger partial charge in [0.2, 0.25) is 5.91 Å². The molecule has 1 aliphatic rings. The van der Waals surface area contributed by atoms with Crippen molar-refractivity contribution < 1.29 is 18.7 Å². The minimum absolute atomic E-state index is 0. The fraction of sp³-hybridized carbons (Fsp3) is 0.320. The monoisotopic (exact) mass is 525 g/mol. The number of ether oxygens (including phenoxy) is 2. The van der Waals surface area contributed by atoms with Crippen LogP contribution in [0.15, 0.2) is 42.9 Å². The number of halogens is 1. The third-order valence-electron chi connectivity index (χ3n) is 6.44. The van der Waals surface area contributed by atoms with Crippen molar-refractivity contribution in [2.75, 3.05) is 32.7 Å². The lowest BCUT2D eigenvalue weighted by Crippen LogP contribution is -2.38. The average Bonchev–Trinajstić information content (AvgIpc) is 3.47. The number of nitrogens with zero attached hydrogens (tertiary/aromatic N) is 7. The van der Waals surface area contributed by atoms with E-state index in [-0.39, 0.29) is 36.9 Å². The summed E-state index contributed by atoms with van der Waals surface area (Å²) in [6.45, 7) is 0.323. The van der Waals surface area contributed by atoms with Crippen LogP contribution < -0.4 is 14.4 Å². The second kappa shape index (κ2) is 10.6. The Hall–Kier alpha value is -3.93. The number of aromatic nitrogens is 5. The SMILES string of the molecule is COc1cc(OC)c(F)c(N(CC2CCC(=O)N2C)c2ccc3ncc(-c4cnn(C)c4)nc3n2)c1.S. The van der Waals surface area contributed by atoms with E-state index in [1.54, 1.807) is 52.1 Å². The Morgan fingerprint density at radius 1 is 1.14 bits per heavy atom. The van der Waals surface area contributed by atoms with Gasteiger partial charge in [0.25, 0.3) is 0 Å². The van der Waals surface area contributed by atoms with Gasteiger partial charge in [-0.3, -0.25) is 14.5 Å². The molecule has 10 nitrogen and oxygen atoms in total. The number of anilines is 2. The van der Waals surface area contributed by atoms with Gasteiger partial charge in [-0.1, -0.05) is 0 Å². The number of aryl methyl sites for hydroxylation is 1. The van der Waals surface area contributed by atoms with Gasteiger partial charge in [-0.25, -0.2) is 14.4 Å². The van der Waals surface area contributed by atoms with Gasteiger partial charge in [0, 0.05) is 57.0 Å². The van der Waals surface area contributed by atoms with Crippen molar-refractivity contribution in [3.8, 4) is 22.8 Å². The smallest absolute Gasteiger partial charge is 0.222 e. The van der Waals surface area contributed by atoms with Gasteiger partial charge in [0.15, 0.2) is 17.2 Å². The van der Waals surface area contributed by atoms with Crippen LogP contribution in [0.1, 0.15) is 12.8 Å². The number of hydrogen-bond acceptors (Lipinski definition) is 8. The third-order valence-corrected chi connectivity index (χ3v) is 6.44. The van der Waals surface area contributed by atoms with Crippen LogP contribution in [0.5, 0.6) is 11.5 Å². The van der Waals surface area contributed by atoms with Crippen molar-refractivity contribution in [3.05, 3.63) is 48.7 Å². The van der Waals surface area contributed by atoms with E-state index in [4.69, 9.17) is 14.5 Å². The molecule has 0 spiro atoms. The van der Waals surface area contributed by atoms with Gasteiger partial charge in [-0.2, -0.15) is 18.6 Å². The normalized spacial score (nSPS) is 15.1. The minimum Gasteiger partial charge on any atom is -0.497 e. The number of methoxy groups -OCH3 is 2. The van der Waals surface area contributed by atoms with E-state index >= 15 is 4.39 Å². The highest BCUT2D eigenvalue weighted by atomic mass is 32.1. The maximum absolute atomic E-state index is 15.6. The number of pyridine rings is 1. The molecule has 37 heavy (non-hydrogen) atoms. The summed E-state index contributed by atoms with van der Waals surface area (Å²) in [5.41, 5.74) is 2.67. The van der Waals surface area contributed by atoms with Crippen molar-refractivity contribution in [2.24, 2.45) is 7.05 Å². The van der Waals surface area contributed by atoms with Gasteiger partial charge in [0.1, 0.15) is 17.1 Å². The molecule has 1 aliphatic heterocycles. The molecule has 0 bridgehead atoms. The molecule has 4 aromatic rings. The van der Waals surface area contributed by atoms with E-state index in [0.29, 0.717) is 47.8 Å². The quantitative estimate of drug-likeness (QED) is 0.362. The lowest BCUT2D eigenvalue weighted by molar-refractivity contribution is -0.127. The number of hydrogen-bond donors (Lipinski definition) is 0. The summed E-state index contributed by atoms with van der Waals surface area (Å²) in [6, 6.07) is 6.52. The summed E-state index contributed by atoms with van der Waals surface area (Å²) in [7, 11) is 6.50. The fourth-order valence-corrected chi connectivity index (χ4v) is 4.36. The van der Waals surface area contributed by atoms with Crippen LogP contribution in [0.25, 0.3) is 22.4 Å². The number of carbonyl (C=O) groups excluding carboxylic acids is 1. The number of likely N-dealkylation sites (tertiary alicyclic amines) is 1. The molecule has 1 aromatic carbocycles. The first-order valence-electron chi connectivity index (χ1n) is 11.5. The number of carbonyl (C=O) groups is 1. The molecule has 12 heteroatoms. The summed E-state index contributed by atoms with van der Waals surface area (Å²) < 4.78 is 27.9. The van der Waals surface area contributed by atoms with Crippen LogP contribution in [0, 0.1) is 5.82 Å². The summed E-state index contributed by atoms with van der Waals surface area (Å²) in [5, 5.41) is 4.19. The highest BCUT2D eigenvalue weighted by Crippen LogP contribution is 2.37. The van der Waals surface area contributed by atoms with Gasteiger partial charge in [-0.05, 0) is 18.6 Å². The highest BCUT2D eigenvalue weighted by Gasteiger charge is 2.31. The Kier molecular flexibility index (Phi) is 7.48. The van der Waals surface area contributed by atoms with E-state index in [1.165, 1.54) is 20.3 Å². The minimum atomic E-state index is -0.553. The number of benzene rings is 1. The van der Waals surface area contributed by atoms with Crippen molar-refractivity contribution in [1.82, 2.24) is 29.6 Å². The molecular weight excluding hydrogens is 497 g/mol. The number of likely N-dealkylation sites (N-methyl/N-ethyl adjacent to an activating group) is 1. The lowest BCUT2D eigenvalue weighted by Gasteiger charge is -2.30. The van der Waals surface area contributed by atoms with Crippen molar-refractivity contribution in [2.45, 2.75) is 18.9 Å². The largest absolute Gasteiger partial charge is 0.497 e. The Morgan fingerprint density at radius 2 is 1.95 bits per heavy atom. The number of fused-ring (bicyclic) bond motifs is 1. The van der Waals surface area contributed by atoms with E-state index in [1.807, 2.05) is 13.2 Å². The highest BCUT2D eigenvalue weighted by molar-refractivity contribution is 7.59. The van der Waals surface area contributed by atoms with Gasteiger partial charge < -0.3 is 19.3 Å². The molecule has 0 N–H and O–H groups in total. The maximum atomic E-state index is 15.6. The second-order valence-electron chi connectivity index (χ2n) is 8.64. The molecule has 1 atom stereocenters. The molecule has 3 aromatic heterocycles. The van der Waals surface area contributed by atoms with Crippen molar-refractivity contribution >= 4 is 42.1 Å². The Labute approximate surface area is 220 Å². The van der Waals surface area contributed by atoms with E-state index in [2.05, 4.69) is 15.1 Å². The van der Waals surface area contributed by atoms with Gasteiger partial charge in [0.05, 0.1) is 38.0 Å². The molecule has 1 amide bonds. The molecule has 4 heterocycles. The average molecular weight is 526 g/mol. The number of rotatable bonds is 7. The van der Waals surface area contributed by atoms with Crippen LogP contribution in [-0.4, -0.2) is 69.4 Å². The summed E-state index contributed by atoms with van der Waals surface area (Å²) in [6.07, 6.45) is 6.33. The zero-order valence-electron chi connectivity index (χ0n) is 21.0. The van der Waals surface area contributed by atoms with Crippen LogP contribution in [0.3, 0.4) is 0 Å². The first-order chi connectivity index (χ1) is 17.4. The first kappa shape index (κ1) is 26.1.